The largest absolute Gasteiger partial charge is 1.00 e. The first-order chi connectivity index (χ1) is 15.7. The summed E-state index contributed by atoms with van der Waals surface area (Å²) in [6.07, 6.45) is 0. The summed E-state index contributed by atoms with van der Waals surface area (Å²) in [6, 6.07) is 28.5. The number of carbonyl (C=O) groups excluding carboxylic acids is 1. The molecule has 0 saturated carbocycles. The fraction of sp³-hybridized carbons (Fsp3) is 0.0870. The summed E-state index contributed by atoms with van der Waals surface area (Å²) in [6.45, 7) is 0. The summed E-state index contributed by atoms with van der Waals surface area (Å²) in [4.78, 5) is 12.9. The summed E-state index contributed by atoms with van der Waals surface area (Å²) in [5.41, 5.74) is -0.976. The molecule has 3 rings (SSSR count). The van der Waals surface area contributed by atoms with E-state index in [0.29, 0.717) is 5.44 Å². The number of hydrogen-bond acceptors (Lipinski definition) is 1. The molecule has 0 radical (unpaired) electrons. The number of alkyl halides is 4. The number of benzene rings is 3. The molecule has 0 spiro atoms. The number of halogens is 7. The highest BCUT2D eigenvalue weighted by Gasteiger charge is 2.52. The van der Waals surface area contributed by atoms with Crippen molar-refractivity contribution in [2.45, 2.75) is 9.29 Å². The van der Waals surface area contributed by atoms with Crippen LogP contribution in [0.1, 0.15) is 0 Å². The Morgan fingerprint density at radius 3 is 1.38 bits per heavy atom. The standard InChI is InChI=1S/C23H17Cl6N2OP.ClH/c24-19(25)20(30-22(32)31-21(26)23(27,28)29)33(16-10-4-1-5-11-16,17-12-6-2-7-13-17)18-14-8-3-9-15-18;/h1-15,21H,(H-,30,31,32);1H. The van der Waals surface area contributed by atoms with Crippen LogP contribution in [0.4, 0.5) is 4.79 Å². The predicted molar refractivity (Wildman–Crippen MR) is 145 cm³/mol. The molecule has 0 aromatic heterocycles. The van der Waals surface area contributed by atoms with E-state index >= 15 is 0 Å². The maximum Gasteiger partial charge on any atom is 0.323 e. The minimum absolute atomic E-state index is 0. The molecule has 0 saturated heterocycles. The molecule has 1 atom stereocenters. The zero-order valence-corrected chi connectivity index (χ0v) is 23.4. The Kier molecular flexibility index (Phi) is 11.1. The molecule has 0 bridgehead atoms. The van der Waals surface area contributed by atoms with Gasteiger partial charge >= 0.3 is 6.03 Å². The number of rotatable bonds is 6. The number of hydrogen-bond donors (Lipinski definition) is 2. The van der Waals surface area contributed by atoms with E-state index in [4.69, 9.17) is 69.6 Å². The molecule has 34 heavy (non-hydrogen) atoms. The SMILES string of the molecule is O=C(NC(=C(Cl)Cl)[P+](c1ccccc1)(c1ccccc1)c1ccccc1)NC(Cl)C(Cl)(Cl)Cl.[Cl-]. The van der Waals surface area contributed by atoms with Crippen molar-refractivity contribution < 1.29 is 17.2 Å². The molecule has 0 aliphatic carbocycles. The predicted octanol–water partition coefficient (Wildman–Crippen LogP) is 3.82. The molecule has 2 N–H and O–H groups in total. The summed E-state index contributed by atoms with van der Waals surface area (Å²) < 4.78 is -2.02. The van der Waals surface area contributed by atoms with Crippen molar-refractivity contribution in [1.82, 2.24) is 10.6 Å². The number of nitrogens with one attached hydrogen (secondary N) is 2. The van der Waals surface area contributed by atoms with E-state index in [2.05, 4.69) is 10.6 Å². The third-order valence-electron chi connectivity index (χ3n) is 4.72. The van der Waals surface area contributed by atoms with Crippen LogP contribution in [0.3, 0.4) is 0 Å². The highest BCUT2D eigenvalue weighted by Crippen LogP contribution is 2.63. The average Bonchev–Trinajstić information content (AvgIpc) is 2.80. The van der Waals surface area contributed by atoms with Crippen molar-refractivity contribution >= 4 is 98.8 Å². The van der Waals surface area contributed by atoms with Gasteiger partial charge in [0.25, 0.3) is 0 Å². The first kappa shape index (κ1) is 29.4. The van der Waals surface area contributed by atoms with Gasteiger partial charge in [0.2, 0.25) is 9.23 Å². The van der Waals surface area contributed by atoms with Gasteiger partial charge in [-0.3, -0.25) is 5.32 Å². The number of amides is 2. The fourth-order valence-electron chi connectivity index (χ4n) is 3.39. The molecule has 0 aliphatic rings. The van der Waals surface area contributed by atoms with Gasteiger partial charge in [-0.05, 0) is 36.4 Å². The van der Waals surface area contributed by atoms with Gasteiger partial charge in [-0.25, -0.2) is 4.79 Å². The smallest absolute Gasteiger partial charge is 0.323 e. The Hall–Kier alpha value is -0.870. The Bertz CT molecular complexity index is 1010. The van der Waals surface area contributed by atoms with Crippen LogP contribution in [0.5, 0.6) is 0 Å². The van der Waals surface area contributed by atoms with E-state index in [1.807, 2.05) is 91.0 Å². The molecule has 2 amide bonds. The second-order valence-electron chi connectivity index (χ2n) is 6.79. The van der Waals surface area contributed by atoms with Crippen LogP contribution in [-0.2, 0) is 0 Å². The monoisotopic (exact) mass is 614 g/mol. The molecule has 0 aliphatic heterocycles. The Balaban J connectivity index is 0.00000408. The third kappa shape index (κ3) is 6.66. The van der Waals surface area contributed by atoms with E-state index < -0.39 is 22.6 Å². The van der Waals surface area contributed by atoms with Crippen molar-refractivity contribution in [3.05, 3.63) is 101 Å². The number of urea groups is 1. The van der Waals surface area contributed by atoms with Crippen molar-refractivity contribution in [2.24, 2.45) is 0 Å². The molecular formula is C23H18Cl7N2OP. The Labute approximate surface area is 235 Å². The normalized spacial score (nSPS) is 12.2. The quantitative estimate of drug-likeness (QED) is 0.247. The van der Waals surface area contributed by atoms with E-state index in [1.54, 1.807) is 0 Å². The Morgan fingerprint density at radius 1 is 0.735 bits per heavy atom. The molecule has 180 valence electrons. The molecule has 0 fully saturated rings. The van der Waals surface area contributed by atoms with Crippen molar-refractivity contribution in [3.63, 3.8) is 0 Å². The highest BCUT2D eigenvalue weighted by molar-refractivity contribution is 7.99. The van der Waals surface area contributed by atoms with Gasteiger partial charge in [0, 0.05) is 0 Å². The van der Waals surface area contributed by atoms with Crippen LogP contribution >= 0.6 is 76.9 Å². The van der Waals surface area contributed by atoms with Gasteiger partial charge in [0.1, 0.15) is 15.9 Å². The van der Waals surface area contributed by atoms with Gasteiger partial charge in [-0.15, -0.1) is 0 Å². The minimum Gasteiger partial charge on any atom is -1.00 e. The molecule has 3 aromatic carbocycles. The van der Waals surface area contributed by atoms with Crippen LogP contribution in [0.2, 0.25) is 0 Å². The molecule has 3 aromatic rings. The van der Waals surface area contributed by atoms with Gasteiger partial charge in [0.15, 0.2) is 17.3 Å². The maximum absolute atomic E-state index is 12.9. The molecule has 1 unspecified atom stereocenters. The lowest BCUT2D eigenvalue weighted by Crippen LogP contribution is -3.00. The van der Waals surface area contributed by atoms with E-state index in [1.165, 1.54) is 0 Å². The topological polar surface area (TPSA) is 41.1 Å². The lowest BCUT2D eigenvalue weighted by Gasteiger charge is -2.30. The second kappa shape index (κ2) is 12.9. The molecule has 3 nitrogen and oxygen atoms in total. The molecule has 0 heterocycles. The van der Waals surface area contributed by atoms with Crippen LogP contribution in [0, 0.1) is 0 Å². The van der Waals surface area contributed by atoms with Crippen LogP contribution in [0.15, 0.2) is 101 Å². The summed E-state index contributed by atoms with van der Waals surface area (Å²) in [7, 11) is -2.76. The lowest BCUT2D eigenvalue weighted by atomic mass is 10.4. The van der Waals surface area contributed by atoms with Crippen molar-refractivity contribution in [2.75, 3.05) is 0 Å². The van der Waals surface area contributed by atoms with Gasteiger partial charge in [-0.1, -0.05) is 124 Å². The maximum atomic E-state index is 12.9. The van der Waals surface area contributed by atoms with Gasteiger partial charge < -0.3 is 17.7 Å². The summed E-state index contributed by atoms with van der Waals surface area (Å²) in [5, 5.41) is 8.02. The highest BCUT2D eigenvalue weighted by atomic mass is 35.6. The van der Waals surface area contributed by atoms with E-state index in [-0.39, 0.29) is 16.9 Å². The second-order valence-corrected chi connectivity index (χ2v) is 13.9. The van der Waals surface area contributed by atoms with E-state index in [0.717, 1.165) is 15.9 Å². The Morgan fingerprint density at radius 2 is 1.09 bits per heavy atom. The average molecular weight is 618 g/mol. The third-order valence-corrected chi connectivity index (χ3v) is 11.0. The molecule has 11 heteroatoms. The van der Waals surface area contributed by atoms with Crippen LogP contribution < -0.4 is 39.0 Å². The van der Waals surface area contributed by atoms with Crippen LogP contribution in [-0.4, -0.2) is 15.3 Å². The minimum atomic E-state index is -2.76. The molecular weight excluding hydrogens is 599 g/mol. The summed E-state index contributed by atoms with van der Waals surface area (Å²) >= 11 is 36.4. The van der Waals surface area contributed by atoms with Crippen molar-refractivity contribution in [3.8, 4) is 0 Å². The first-order valence-electron chi connectivity index (χ1n) is 9.57. The van der Waals surface area contributed by atoms with Gasteiger partial charge in [0.05, 0.1) is 0 Å². The summed E-state index contributed by atoms with van der Waals surface area (Å²) in [5.74, 6) is 0. The first-order valence-corrected chi connectivity index (χ1v) is 13.7. The fourth-order valence-corrected chi connectivity index (χ4v) is 8.56. The van der Waals surface area contributed by atoms with Crippen molar-refractivity contribution in [1.29, 1.82) is 0 Å². The lowest BCUT2D eigenvalue weighted by molar-refractivity contribution is -0.00000936. The zero-order valence-electron chi connectivity index (χ0n) is 17.2. The van der Waals surface area contributed by atoms with Gasteiger partial charge in [-0.2, -0.15) is 0 Å². The van der Waals surface area contributed by atoms with Crippen LogP contribution in [0.25, 0.3) is 0 Å². The zero-order chi connectivity index (χ0) is 24.1. The van der Waals surface area contributed by atoms with E-state index in [9.17, 15) is 4.79 Å². The number of carbonyl (C=O) groups is 1.